The third-order valence-corrected chi connectivity index (χ3v) is 3.47. The van der Waals surface area contributed by atoms with Gasteiger partial charge in [0, 0.05) is 23.2 Å². The van der Waals surface area contributed by atoms with E-state index in [1.807, 2.05) is 23.7 Å². The highest BCUT2D eigenvalue weighted by atomic mass is 32.1. The molecule has 0 saturated heterocycles. The van der Waals surface area contributed by atoms with Crippen LogP contribution in [0.15, 0.2) is 36.0 Å². The second kappa shape index (κ2) is 4.22. The molecular weight excluding hydrogens is 230 g/mol. The fourth-order valence-electron chi connectivity index (χ4n) is 1.84. The van der Waals surface area contributed by atoms with E-state index >= 15 is 0 Å². The number of thiazole rings is 1. The summed E-state index contributed by atoms with van der Waals surface area (Å²) in [4.78, 5) is 13.2. The molecule has 0 radical (unpaired) electrons. The summed E-state index contributed by atoms with van der Waals surface area (Å²) in [5.74, 6) is 0.716. The molecule has 0 fully saturated rings. The average Bonchev–Trinajstić information content (AvgIpc) is 2.91. The lowest BCUT2D eigenvalue weighted by Gasteiger charge is -2.03. The molecule has 0 bridgehead atoms. The van der Waals surface area contributed by atoms with Gasteiger partial charge in [0.2, 0.25) is 0 Å². The lowest BCUT2D eigenvalue weighted by atomic mass is 10.1. The minimum Gasteiger partial charge on any atom is -0.241 e. The van der Waals surface area contributed by atoms with Crippen molar-refractivity contribution >= 4 is 22.2 Å². The highest BCUT2D eigenvalue weighted by Crippen LogP contribution is 2.22. The Morgan fingerprint density at radius 3 is 2.94 bits per heavy atom. The molecule has 0 unspecified atom stereocenters. The first-order valence-corrected chi connectivity index (χ1v) is 6.41. The topological polar surface area (TPSA) is 38.7 Å². The van der Waals surface area contributed by atoms with E-state index in [1.165, 1.54) is 5.56 Å². The second-order valence-electron chi connectivity index (χ2n) is 3.74. The lowest BCUT2D eigenvalue weighted by molar-refractivity contribution is 1.13. The van der Waals surface area contributed by atoms with Crippen molar-refractivity contribution in [3.05, 3.63) is 41.5 Å². The molecule has 3 nitrogen and oxygen atoms in total. The van der Waals surface area contributed by atoms with Crippen LogP contribution < -0.4 is 0 Å². The first kappa shape index (κ1) is 10.4. The van der Waals surface area contributed by atoms with Crippen LogP contribution in [0.4, 0.5) is 0 Å². The fraction of sp³-hybridized carbons (Fsp3) is 0.154. The largest absolute Gasteiger partial charge is 0.241 e. The quantitative estimate of drug-likeness (QED) is 0.691. The van der Waals surface area contributed by atoms with Gasteiger partial charge in [-0.25, -0.2) is 15.0 Å². The SMILES string of the molecule is CCc1cccc2cnc(-c3nccs3)nc12. The zero-order valence-electron chi connectivity index (χ0n) is 9.42. The van der Waals surface area contributed by atoms with Gasteiger partial charge in [0.05, 0.1) is 5.52 Å². The van der Waals surface area contributed by atoms with E-state index in [-0.39, 0.29) is 0 Å². The van der Waals surface area contributed by atoms with Crippen molar-refractivity contribution in [2.24, 2.45) is 0 Å². The molecule has 84 valence electrons. The zero-order chi connectivity index (χ0) is 11.7. The van der Waals surface area contributed by atoms with Crippen LogP contribution in [-0.4, -0.2) is 15.0 Å². The van der Waals surface area contributed by atoms with Gasteiger partial charge in [0.15, 0.2) is 10.8 Å². The predicted molar refractivity (Wildman–Crippen MR) is 70.0 cm³/mol. The summed E-state index contributed by atoms with van der Waals surface area (Å²) in [6, 6.07) is 6.20. The van der Waals surface area contributed by atoms with Gasteiger partial charge < -0.3 is 0 Å². The number of rotatable bonds is 2. The Morgan fingerprint density at radius 2 is 2.18 bits per heavy atom. The predicted octanol–water partition coefficient (Wildman–Crippen LogP) is 3.32. The number of para-hydroxylation sites is 1. The number of hydrogen-bond donors (Lipinski definition) is 0. The first-order chi connectivity index (χ1) is 8.38. The van der Waals surface area contributed by atoms with E-state index in [0.717, 1.165) is 22.3 Å². The summed E-state index contributed by atoms with van der Waals surface area (Å²) in [6.45, 7) is 2.14. The molecule has 3 rings (SSSR count). The maximum atomic E-state index is 4.63. The van der Waals surface area contributed by atoms with Gasteiger partial charge in [-0.05, 0) is 12.0 Å². The van der Waals surface area contributed by atoms with Crippen molar-refractivity contribution in [1.29, 1.82) is 0 Å². The Labute approximate surface area is 103 Å². The van der Waals surface area contributed by atoms with Crippen molar-refractivity contribution in [3.63, 3.8) is 0 Å². The van der Waals surface area contributed by atoms with Crippen molar-refractivity contribution in [3.8, 4) is 10.8 Å². The van der Waals surface area contributed by atoms with Crippen LogP contribution in [-0.2, 0) is 6.42 Å². The molecule has 3 aromatic rings. The minimum absolute atomic E-state index is 0.716. The number of aromatic nitrogens is 3. The van der Waals surface area contributed by atoms with E-state index in [2.05, 4.69) is 27.9 Å². The van der Waals surface area contributed by atoms with Gasteiger partial charge in [0.1, 0.15) is 0 Å². The molecule has 2 aromatic heterocycles. The Balaban J connectivity index is 2.24. The van der Waals surface area contributed by atoms with Gasteiger partial charge in [-0.3, -0.25) is 0 Å². The second-order valence-corrected chi connectivity index (χ2v) is 4.63. The van der Waals surface area contributed by atoms with E-state index in [4.69, 9.17) is 0 Å². The number of aryl methyl sites for hydroxylation is 1. The summed E-state index contributed by atoms with van der Waals surface area (Å²) in [5, 5.41) is 3.90. The Morgan fingerprint density at radius 1 is 1.24 bits per heavy atom. The van der Waals surface area contributed by atoms with Crippen molar-refractivity contribution in [2.45, 2.75) is 13.3 Å². The Kier molecular flexibility index (Phi) is 2.57. The molecule has 2 heterocycles. The highest BCUT2D eigenvalue weighted by molar-refractivity contribution is 7.13. The number of fused-ring (bicyclic) bond motifs is 1. The zero-order valence-corrected chi connectivity index (χ0v) is 10.2. The molecule has 0 spiro atoms. The van der Waals surface area contributed by atoms with Crippen molar-refractivity contribution < 1.29 is 0 Å². The van der Waals surface area contributed by atoms with Crippen LogP contribution in [0.2, 0.25) is 0 Å². The van der Waals surface area contributed by atoms with E-state index in [1.54, 1.807) is 17.5 Å². The van der Waals surface area contributed by atoms with Crippen LogP contribution in [0.1, 0.15) is 12.5 Å². The minimum atomic E-state index is 0.716. The lowest BCUT2D eigenvalue weighted by Crippen LogP contribution is -1.92. The summed E-state index contributed by atoms with van der Waals surface area (Å²) in [7, 11) is 0. The maximum absolute atomic E-state index is 4.63. The van der Waals surface area contributed by atoms with Crippen LogP contribution >= 0.6 is 11.3 Å². The Bertz CT molecular complexity index is 647. The Hall–Kier alpha value is -1.81. The van der Waals surface area contributed by atoms with E-state index < -0.39 is 0 Å². The molecule has 0 aliphatic carbocycles. The summed E-state index contributed by atoms with van der Waals surface area (Å²) >= 11 is 1.56. The van der Waals surface area contributed by atoms with Gasteiger partial charge in [-0.2, -0.15) is 0 Å². The molecule has 0 saturated carbocycles. The van der Waals surface area contributed by atoms with Crippen LogP contribution in [0.5, 0.6) is 0 Å². The molecule has 0 aliphatic rings. The van der Waals surface area contributed by atoms with Gasteiger partial charge in [-0.15, -0.1) is 11.3 Å². The normalized spacial score (nSPS) is 10.9. The van der Waals surface area contributed by atoms with Crippen molar-refractivity contribution in [1.82, 2.24) is 15.0 Å². The molecule has 17 heavy (non-hydrogen) atoms. The van der Waals surface area contributed by atoms with Crippen LogP contribution in [0, 0.1) is 0 Å². The third kappa shape index (κ3) is 1.80. The number of benzene rings is 1. The summed E-state index contributed by atoms with van der Waals surface area (Å²) in [6.07, 6.45) is 4.63. The molecule has 4 heteroatoms. The molecule has 0 amide bonds. The number of hydrogen-bond acceptors (Lipinski definition) is 4. The smallest absolute Gasteiger partial charge is 0.189 e. The average molecular weight is 241 g/mol. The first-order valence-electron chi connectivity index (χ1n) is 5.53. The molecular formula is C13H11N3S. The molecule has 1 aromatic carbocycles. The highest BCUT2D eigenvalue weighted by Gasteiger charge is 2.07. The number of nitrogens with zero attached hydrogens (tertiary/aromatic N) is 3. The van der Waals surface area contributed by atoms with Gasteiger partial charge in [0.25, 0.3) is 0 Å². The molecule has 0 N–H and O–H groups in total. The summed E-state index contributed by atoms with van der Waals surface area (Å²) < 4.78 is 0. The monoisotopic (exact) mass is 241 g/mol. The van der Waals surface area contributed by atoms with Crippen molar-refractivity contribution in [2.75, 3.05) is 0 Å². The summed E-state index contributed by atoms with van der Waals surface area (Å²) in [5.41, 5.74) is 2.29. The van der Waals surface area contributed by atoms with Gasteiger partial charge in [-0.1, -0.05) is 25.1 Å². The van der Waals surface area contributed by atoms with E-state index in [9.17, 15) is 0 Å². The maximum Gasteiger partial charge on any atom is 0.189 e. The van der Waals surface area contributed by atoms with Crippen LogP contribution in [0.3, 0.4) is 0 Å². The van der Waals surface area contributed by atoms with Gasteiger partial charge >= 0.3 is 0 Å². The van der Waals surface area contributed by atoms with E-state index in [0.29, 0.717) is 5.82 Å². The third-order valence-electron chi connectivity index (χ3n) is 2.70. The van der Waals surface area contributed by atoms with Crippen LogP contribution in [0.25, 0.3) is 21.7 Å². The fourth-order valence-corrected chi connectivity index (χ4v) is 2.42. The molecule has 0 atom stereocenters. The molecule has 0 aliphatic heterocycles. The standard InChI is InChI=1S/C13H11N3S/c1-2-9-4-3-5-10-8-15-12(16-11(9)10)13-14-6-7-17-13/h3-8H,2H2,1H3.